The van der Waals surface area contributed by atoms with E-state index in [1.165, 1.54) is 64.8 Å². The van der Waals surface area contributed by atoms with Crippen LogP contribution < -0.4 is 5.32 Å². The third-order valence-electron chi connectivity index (χ3n) is 5.48. The van der Waals surface area contributed by atoms with E-state index in [1.54, 1.807) is 0 Å². The fourth-order valence-corrected chi connectivity index (χ4v) is 3.71. The van der Waals surface area contributed by atoms with E-state index >= 15 is 0 Å². The molecule has 1 saturated heterocycles. The molecule has 2 fully saturated rings. The molecule has 0 radical (unpaired) electrons. The molecule has 20 heavy (non-hydrogen) atoms. The van der Waals surface area contributed by atoms with Gasteiger partial charge in [0.15, 0.2) is 0 Å². The highest BCUT2D eigenvalue weighted by Crippen LogP contribution is 2.58. The van der Waals surface area contributed by atoms with Gasteiger partial charge in [0, 0.05) is 6.54 Å². The zero-order valence-corrected chi connectivity index (χ0v) is 14.3. The van der Waals surface area contributed by atoms with Gasteiger partial charge in [0.05, 0.1) is 0 Å². The summed E-state index contributed by atoms with van der Waals surface area (Å²) >= 11 is 0. The standard InChI is InChI=1S/C18H36N2/c1-15(2)5-11-20(12-6-16(3)4)14-17-13-18(17)7-9-19-10-8-18/h15-17,19H,5-14H2,1-4H3. The van der Waals surface area contributed by atoms with Crippen LogP contribution in [0.5, 0.6) is 0 Å². The lowest BCUT2D eigenvalue weighted by molar-refractivity contribution is 0.210. The lowest BCUT2D eigenvalue weighted by Gasteiger charge is -2.28. The number of hydrogen-bond acceptors (Lipinski definition) is 2. The van der Waals surface area contributed by atoms with Crippen molar-refractivity contribution in [3.8, 4) is 0 Å². The van der Waals surface area contributed by atoms with Crippen LogP contribution in [-0.2, 0) is 0 Å². The van der Waals surface area contributed by atoms with E-state index in [9.17, 15) is 0 Å². The molecular weight excluding hydrogens is 244 g/mol. The Morgan fingerprint density at radius 3 is 2.05 bits per heavy atom. The van der Waals surface area contributed by atoms with Crippen LogP contribution in [0.2, 0.25) is 0 Å². The van der Waals surface area contributed by atoms with Crippen molar-refractivity contribution in [2.45, 2.75) is 59.8 Å². The maximum Gasteiger partial charge on any atom is 0.00152 e. The van der Waals surface area contributed by atoms with E-state index in [-0.39, 0.29) is 0 Å². The summed E-state index contributed by atoms with van der Waals surface area (Å²) < 4.78 is 0. The summed E-state index contributed by atoms with van der Waals surface area (Å²) in [5.74, 6) is 2.68. The van der Waals surface area contributed by atoms with Gasteiger partial charge in [0.1, 0.15) is 0 Å². The third kappa shape index (κ3) is 4.73. The summed E-state index contributed by atoms with van der Waals surface area (Å²) in [7, 11) is 0. The Labute approximate surface area is 126 Å². The zero-order valence-electron chi connectivity index (χ0n) is 14.3. The first-order valence-electron chi connectivity index (χ1n) is 8.95. The van der Waals surface area contributed by atoms with Crippen LogP contribution in [0.1, 0.15) is 59.8 Å². The van der Waals surface area contributed by atoms with E-state index in [1.807, 2.05) is 0 Å². The Morgan fingerprint density at radius 2 is 1.55 bits per heavy atom. The molecule has 2 aliphatic rings. The number of nitrogens with one attached hydrogen (secondary N) is 1. The van der Waals surface area contributed by atoms with Crippen LogP contribution in [0.25, 0.3) is 0 Å². The average molecular weight is 281 g/mol. The van der Waals surface area contributed by atoms with Crippen LogP contribution in [0.3, 0.4) is 0 Å². The molecule has 2 rings (SSSR count). The Hall–Kier alpha value is -0.0800. The fraction of sp³-hybridized carbons (Fsp3) is 1.00. The van der Waals surface area contributed by atoms with Gasteiger partial charge >= 0.3 is 0 Å². The smallest absolute Gasteiger partial charge is 0.00152 e. The predicted molar refractivity (Wildman–Crippen MR) is 88.0 cm³/mol. The summed E-state index contributed by atoms with van der Waals surface area (Å²) in [6.07, 6.45) is 7.09. The first-order chi connectivity index (χ1) is 9.52. The quantitative estimate of drug-likeness (QED) is 0.728. The third-order valence-corrected chi connectivity index (χ3v) is 5.48. The Bertz CT molecular complexity index is 267. The SMILES string of the molecule is CC(C)CCN(CCC(C)C)CC1CC12CCNCC2. The lowest BCUT2D eigenvalue weighted by Crippen LogP contribution is -2.34. The van der Waals surface area contributed by atoms with Crippen molar-refractivity contribution in [3.63, 3.8) is 0 Å². The molecule has 0 bridgehead atoms. The molecule has 1 saturated carbocycles. The molecular formula is C18H36N2. The van der Waals surface area contributed by atoms with Crippen molar-refractivity contribution in [1.29, 1.82) is 0 Å². The minimum atomic E-state index is 0.749. The molecule has 1 aliphatic carbocycles. The predicted octanol–water partition coefficient (Wildman–Crippen LogP) is 3.77. The topological polar surface area (TPSA) is 15.3 Å². The van der Waals surface area contributed by atoms with E-state index < -0.39 is 0 Å². The Morgan fingerprint density at radius 1 is 1.00 bits per heavy atom. The summed E-state index contributed by atoms with van der Waals surface area (Å²) in [5, 5.41) is 3.52. The number of hydrogen-bond donors (Lipinski definition) is 1. The maximum absolute atomic E-state index is 3.52. The molecule has 1 aliphatic heterocycles. The number of nitrogens with zero attached hydrogens (tertiary/aromatic N) is 1. The van der Waals surface area contributed by atoms with Crippen molar-refractivity contribution in [2.75, 3.05) is 32.7 Å². The van der Waals surface area contributed by atoms with Crippen molar-refractivity contribution in [3.05, 3.63) is 0 Å². The van der Waals surface area contributed by atoms with Crippen molar-refractivity contribution >= 4 is 0 Å². The average Bonchev–Trinajstić information content (AvgIpc) is 3.05. The van der Waals surface area contributed by atoms with Gasteiger partial charge in [-0.15, -0.1) is 0 Å². The summed E-state index contributed by atoms with van der Waals surface area (Å²) in [5.41, 5.74) is 0.749. The van der Waals surface area contributed by atoms with Gasteiger partial charge in [-0.2, -0.15) is 0 Å². The highest BCUT2D eigenvalue weighted by Gasteiger charge is 2.53. The van der Waals surface area contributed by atoms with Crippen molar-refractivity contribution < 1.29 is 0 Å². The molecule has 0 aromatic carbocycles. The minimum absolute atomic E-state index is 0.749. The molecule has 1 N–H and O–H groups in total. The molecule has 118 valence electrons. The summed E-state index contributed by atoms with van der Waals surface area (Å²) in [6, 6.07) is 0. The van der Waals surface area contributed by atoms with Gasteiger partial charge in [-0.05, 0) is 81.5 Å². The summed E-state index contributed by atoms with van der Waals surface area (Å²) in [4.78, 5) is 2.78. The number of piperidine rings is 1. The van der Waals surface area contributed by atoms with Crippen molar-refractivity contribution in [2.24, 2.45) is 23.2 Å². The Balaban J connectivity index is 1.77. The van der Waals surface area contributed by atoms with Crippen LogP contribution in [0.15, 0.2) is 0 Å². The second-order valence-electron chi connectivity index (χ2n) is 8.18. The van der Waals surface area contributed by atoms with E-state index in [0.717, 1.165) is 23.2 Å². The minimum Gasteiger partial charge on any atom is -0.317 e. The first kappa shape index (κ1) is 16.3. The van der Waals surface area contributed by atoms with Gasteiger partial charge < -0.3 is 10.2 Å². The molecule has 1 spiro atoms. The highest BCUT2D eigenvalue weighted by molar-refractivity contribution is 5.05. The fourth-order valence-electron chi connectivity index (χ4n) is 3.71. The van der Waals surface area contributed by atoms with Crippen molar-refractivity contribution in [1.82, 2.24) is 10.2 Å². The van der Waals surface area contributed by atoms with Gasteiger partial charge in [-0.3, -0.25) is 0 Å². The van der Waals surface area contributed by atoms with Crippen LogP contribution in [0, 0.1) is 23.2 Å². The van der Waals surface area contributed by atoms with E-state index in [2.05, 4.69) is 37.9 Å². The molecule has 2 nitrogen and oxygen atoms in total. The van der Waals surface area contributed by atoms with E-state index in [0.29, 0.717) is 0 Å². The van der Waals surface area contributed by atoms with Crippen LogP contribution in [0.4, 0.5) is 0 Å². The second-order valence-corrected chi connectivity index (χ2v) is 8.18. The lowest BCUT2D eigenvalue weighted by atomic mass is 9.91. The highest BCUT2D eigenvalue weighted by atomic mass is 15.1. The van der Waals surface area contributed by atoms with Crippen LogP contribution >= 0.6 is 0 Å². The number of rotatable bonds is 8. The maximum atomic E-state index is 3.52. The summed E-state index contributed by atoms with van der Waals surface area (Å²) in [6.45, 7) is 15.9. The zero-order chi connectivity index (χ0) is 14.6. The first-order valence-corrected chi connectivity index (χ1v) is 8.95. The molecule has 1 unspecified atom stereocenters. The second kappa shape index (κ2) is 7.26. The normalized spacial score (nSPS) is 25.1. The van der Waals surface area contributed by atoms with E-state index in [4.69, 9.17) is 0 Å². The molecule has 1 atom stereocenters. The Kier molecular flexibility index (Phi) is 5.92. The monoisotopic (exact) mass is 280 g/mol. The largest absolute Gasteiger partial charge is 0.317 e. The molecule has 1 heterocycles. The van der Waals surface area contributed by atoms with Gasteiger partial charge in [-0.1, -0.05) is 27.7 Å². The molecule has 0 aromatic rings. The van der Waals surface area contributed by atoms with Gasteiger partial charge in [0.25, 0.3) is 0 Å². The molecule has 2 heteroatoms. The van der Waals surface area contributed by atoms with Gasteiger partial charge in [0.2, 0.25) is 0 Å². The molecule has 0 aromatic heterocycles. The van der Waals surface area contributed by atoms with Gasteiger partial charge in [-0.25, -0.2) is 0 Å². The van der Waals surface area contributed by atoms with Crippen LogP contribution in [-0.4, -0.2) is 37.6 Å². The molecule has 0 amide bonds.